The molecule has 1 N–H and O–H groups in total. The molecule has 0 saturated carbocycles. The molecule has 1 unspecified atom stereocenters. The van der Waals surface area contributed by atoms with Gasteiger partial charge in [0.15, 0.2) is 11.5 Å². The predicted molar refractivity (Wildman–Crippen MR) is 109 cm³/mol. The van der Waals surface area contributed by atoms with E-state index in [1.165, 1.54) is 11.1 Å². The summed E-state index contributed by atoms with van der Waals surface area (Å²) >= 11 is 0. The Bertz CT molecular complexity index is 944. The van der Waals surface area contributed by atoms with Crippen molar-refractivity contribution in [3.8, 4) is 0 Å². The first-order valence-corrected chi connectivity index (χ1v) is 9.33. The van der Waals surface area contributed by atoms with Crippen molar-refractivity contribution in [3.05, 3.63) is 83.6 Å². The molecule has 28 heavy (non-hydrogen) atoms. The second-order valence-electron chi connectivity index (χ2n) is 6.76. The van der Waals surface area contributed by atoms with Crippen molar-refractivity contribution < 1.29 is 9.53 Å². The van der Waals surface area contributed by atoms with Crippen LogP contribution in [0.15, 0.2) is 66.7 Å². The molecule has 2 heterocycles. The number of aromatic nitrogens is 2. The zero-order chi connectivity index (χ0) is 19.3. The average molecular weight is 374 g/mol. The Kier molecular flexibility index (Phi) is 5.30. The van der Waals surface area contributed by atoms with Crippen LogP contribution in [0.3, 0.4) is 0 Å². The lowest BCUT2D eigenvalue weighted by molar-refractivity contribution is 0.0391. The lowest BCUT2D eigenvalue weighted by Gasteiger charge is -2.34. The fraction of sp³-hybridized carbons (Fsp3) is 0.227. The van der Waals surface area contributed by atoms with Crippen molar-refractivity contribution in [2.24, 2.45) is 0 Å². The van der Waals surface area contributed by atoms with Gasteiger partial charge in [-0.1, -0.05) is 42.5 Å². The van der Waals surface area contributed by atoms with Gasteiger partial charge >= 0.3 is 0 Å². The molecule has 1 aromatic heterocycles. The van der Waals surface area contributed by atoms with Gasteiger partial charge in [-0.3, -0.25) is 4.79 Å². The molecule has 1 saturated heterocycles. The number of amides is 1. The first kappa shape index (κ1) is 18.1. The number of hydrogen-bond donors (Lipinski definition) is 1. The molecular formula is C22H22N4O2. The van der Waals surface area contributed by atoms with E-state index in [9.17, 15) is 4.79 Å². The van der Waals surface area contributed by atoms with Gasteiger partial charge in [0.25, 0.3) is 5.91 Å². The van der Waals surface area contributed by atoms with E-state index in [2.05, 4.69) is 39.5 Å². The van der Waals surface area contributed by atoms with Gasteiger partial charge in [0.1, 0.15) is 6.10 Å². The Morgan fingerprint density at radius 2 is 1.82 bits per heavy atom. The summed E-state index contributed by atoms with van der Waals surface area (Å²) in [6, 6.07) is 21.1. The third kappa shape index (κ3) is 4.02. The van der Waals surface area contributed by atoms with Crippen molar-refractivity contribution in [2.75, 3.05) is 29.9 Å². The van der Waals surface area contributed by atoms with Gasteiger partial charge in [0, 0.05) is 18.8 Å². The highest BCUT2D eigenvalue weighted by molar-refractivity contribution is 6.02. The average Bonchev–Trinajstić information content (AvgIpc) is 2.75. The summed E-state index contributed by atoms with van der Waals surface area (Å²) in [5, 5.41) is 11.2. The van der Waals surface area contributed by atoms with E-state index in [-0.39, 0.29) is 17.7 Å². The Balaban J connectivity index is 1.45. The standard InChI is InChI=1S/C22H22N4O2/c1-16-7-5-6-10-18(16)20-15-26(13-14-28-20)21-12-11-19(24-25-21)22(27)23-17-8-3-2-4-9-17/h2-12,20H,13-15H2,1H3,(H,23,27). The summed E-state index contributed by atoms with van der Waals surface area (Å²) in [6.07, 6.45) is -0.00203. The number of carbonyl (C=O) groups excluding carboxylic acids is 1. The number of nitrogens with zero attached hydrogens (tertiary/aromatic N) is 3. The first-order valence-electron chi connectivity index (χ1n) is 9.33. The third-order valence-electron chi connectivity index (χ3n) is 4.84. The number of benzene rings is 2. The van der Waals surface area contributed by atoms with Crippen LogP contribution in [0.5, 0.6) is 0 Å². The van der Waals surface area contributed by atoms with Crippen LogP contribution in [0.4, 0.5) is 11.5 Å². The molecule has 1 atom stereocenters. The quantitative estimate of drug-likeness (QED) is 0.756. The summed E-state index contributed by atoms with van der Waals surface area (Å²) in [6.45, 7) is 4.16. The van der Waals surface area contributed by atoms with Gasteiger partial charge in [-0.05, 0) is 42.3 Å². The molecule has 1 aliphatic rings. The fourth-order valence-electron chi connectivity index (χ4n) is 3.33. The molecule has 0 aliphatic carbocycles. The predicted octanol–water partition coefficient (Wildman–Crippen LogP) is 3.62. The third-order valence-corrected chi connectivity index (χ3v) is 4.84. The molecule has 142 valence electrons. The van der Waals surface area contributed by atoms with E-state index in [4.69, 9.17) is 4.74 Å². The number of rotatable bonds is 4. The van der Waals surface area contributed by atoms with Crippen molar-refractivity contribution in [3.63, 3.8) is 0 Å². The van der Waals surface area contributed by atoms with Gasteiger partial charge in [0.05, 0.1) is 6.61 Å². The zero-order valence-electron chi connectivity index (χ0n) is 15.7. The van der Waals surface area contributed by atoms with Crippen LogP contribution in [0.25, 0.3) is 0 Å². The number of para-hydroxylation sites is 1. The Morgan fingerprint density at radius 1 is 1.04 bits per heavy atom. The number of hydrogen-bond acceptors (Lipinski definition) is 5. The zero-order valence-corrected chi connectivity index (χ0v) is 15.7. The maximum absolute atomic E-state index is 12.3. The Hall–Kier alpha value is -3.25. The minimum Gasteiger partial charge on any atom is -0.370 e. The molecule has 1 amide bonds. The van der Waals surface area contributed by atoms with Crippen molar-refractivity contribution in [1.29, 1.82) is 0 Å². The minimum absolute atomic E-state index is 0.00203. The number of ether oxygens (including phenoxy) is 1. The molecular weight excluding hydrogens is 352 g/mol. The van der Waals surface area contributed by atoms with E-state index in [1.807, 2.05) is 48.5 Å². The number of carbonyl (C=O) groups is 1. The largest absolute Gasteiger partial charge is 0.370 e. The lowest BCUT2D eigenvalue weighted by atomic mass is 10.0. The normalized spacial score (nSPS) is 16.6. The highest BCUT2D eigenvalue weighted by Crippen LogP contribution is 2.27. The molecule has 3 aromatic rings. The van der Waals surface area contributed by atoms with Crippen LogP contribution in [0, 0.1) is 6.92 Å². The highest BCUT2D eigenvalue weighted by Gasteiger charge is 2.24. The number of aryl methyl sites for hydroxylation is 1. The molecule has 2 aromatic carbocycles. The monoisotopic (exact) mass is 374 g/mol. The minimum atomic E-state index is -0.273. The van der Waals surface area contributed by atoms with Crippen molar-refractivity contribution in [1.82, 2.24) is 10.2 Å². The molecule has 6 nitrogen and oxygen atoms in total. The van der Waals surface area contributed by atoms with Crippen molar-refractivity contribution >= 4 is 17.4 Å². The van der Waals surface area contributed by atoms with E-state index in [0.29, 0.717) is 13.2 Å². The fourth-order valence-corrected chi connectivity index (χ4v) is 3.33. The summed E-state index contributed by atoms with van der Waals surface area (Å²) in [5.74, 6) is 0.475. The van der Waals surface area contributed by atoms with Crippen LogP contribution in [-0.4, -0.2) is 35.8 Å². The topological polar surface area (TPSA) is 67.4 Å². The maximum Gasteiger partial charge on any atom is 0.276 e. The molecule has 6 heteroatoms. The van der Waals surface area contributed by atoms with E-state index < -0.39 is 0 Å². The first-order chi connectivity index (χ1) is 13.7. The summed E-state index contributed by atoms with van der Waals surface area (Å²) < 4.78 is 5.97. The maximum atomic E-state index is 12.3. The molecule has 1 fully saturated rings. The number of nitrogens with one attached hydrogen (secondary N) is 1. The van der Waals surface area contributed by atoms with Crippen LogP contribution in [0.1, 0.15) is 27.7 Å². The van der Waals surface area contributed by atoms with Gasteiger partial charge < -0.3 is 15.0 Å². The van der Waals surface area contributed by atoms with Gasteiger partial charge in [-0.2, -0.15) is 0 Å². The van der Waals surface area contributed by atoms with Crippen LogP contribution in [0.2, 0.25) is 0 Å². The second-order valence-corrected chi connectivity index (χ2v) is 6.76. The number of morpholine rings is 1. The molecule has 0 radical (unpaired) electrons. The van der Waals surface area contributed by atoms with Gasteiger partial charge in [0.2, 0.25) is 0 Å². The second kappa shape index (κ2) is 8.19. The van der Waals surface area contributed by atoms with Crippen LogP contribution in [-0.2, 0) is 4.74 Å². The molecule has 1 aliphatic heterocycles. The summed E-state index contributed by atoms with van der Waals surface area (Å²) in [7, 11) is 0. The van der Waals surface area contributed by atoms with Crippen LogP contribution >= 0.6 is 0 Å². The molecule has 0 spiro atoms. The van der Waals surface area contributed by atoms with E-state index in [1.54, 1.807) is 6.07 Å². The highest BCUT2D eigenvalue weighted by atomic mass is 16.5. The number of anilines is 2. The van der Waals surface area contributed by atoms with Crippen molar-refractivity contribution in [2.45, 2.75) is 13.0 Å². The van der Waals surface area contributed by atoms with Crippen LogP contribution < -0.4 is 10.2 Å². The Morgan fingerprint density at radius 3 is 2.57 bits per heavy atom. The lowest BCUT2D eigenvalue weighted by Crippen LogP contribution is -2.39. The SMILES string of the molecule is Cc1ccccc1C1CN(c2ccc(C(=O)Nc3ccccc3)nn2)CCO1. The Labute approximate surface area is 164 Å². The van der Waals surface area contributed by atoms with E-state index >= 15 is 0 Å². The van der Waals surface area contributed by atoms with Gasteiger partial charge in [-0.15, -0.1) is 10.2 Å². The van der Waals surface area contributed by atoms with E-state index in [0.717, 1.165) is 18.1 Å². The molecule has 0 bridgehead atoms. The smallest absolute Gasteiger partial charge is 0.276 e. The summed E-state index contributed by atoms with van der Waals surface area (Å²) in [4.78, 5) is 14.5. The summed E-state index contributed by atoms with van der Waals surface area (Å²) in [5.41, 5.74) is 3.43. The van der Waals surface area contributed by atoms with Gasteiger partial charge in [-0.25, -0.2) is 0 Å². The molecule has 4 rings (SSSR count).